The van der Waals surface area contributed by atoms with Crippen LogP contribution in [0.1, 0.15) is 27.2 Å². The Morgan fingerprint density at radius 2 is 1.86 bits per heavy atom. The molecule has 0 saturated carbocycles. The van der Waals surface area contributed by atoms with E-state index in [9.17, 15) is 22.0 Å². The number of anilines is 2. The summed E-state index contributed by atoms with van der Waals surface area (Å²) in [5.41, 5.74) is -0.00486. The number of nitrogens with one attached hydrogen (secondary N) is 1. The van der Waals surface area contributed by atoms with Crippen molar-refractivity contribution in [2.24, 2.45) is 5.41 Å². The Bertz CT molecular complexity index is 1050. The Kier molecular flexibility index (Phi) is 5.53. The van der Waals surface area contributed by atoms with Crippen LogP contribution in [0.4, 0.5) is 20.2 Å². The van der Waals surface area contributed by atoms with Gasteiger partial charge in [-0.25, -0.2) is 17.2 Å². The number of carbonyl (C=O) groups is 1. The van der Waals surface area contributed by atoms with Gasteiger partial charge >= 0.3 is 0 Å². The number of sulfonamides is 1. The smallest absolute Gasteiger partial charge is 0.262 e. The first kappa shape index (κ1) is 21.0. The quantitative estimate of drug-likeness (QED) is 0.789. The van der Waals surface area contributed by atoms with Crippen molar-refractivity contribution < 1.29 is 26.7 Å². The summed E-state index contributed by atoms with van der Waals surface area (Å²) in [7, 11) is -4.14. The first-order chi connectivity index (χ1) is 13.5. The number of benzene rings is 2. The van der Waals surface area contributed by atoms with Crippen LogP contribution >= 0.6 is 0 Å². The third-order valence-corrected chi connectivity index (χ3v) is 5.94. The first-order valence-electron chi connectivity index (χ1n) is 9.12. The van der Waals surface area contributed by atoms with Crippen molar-refractivity contribution in [2.75, 3.05) is 22.8 Å². The van der Waals surface area contributed by atoms with E-state index in [-0.39, 0.29) is 18.2 Å². The molecule has 0 fully saturated rings. The van der Waals surface area contributed by atoms with E-state index >= 15 is 0 Å². The molecule has 156 valence electrons. The SMILES string of the molecule is CCCN1C(=O)C(C)(C)COc2cc(NS(=O)(=O)c3ccc(F)c(F)c3)ccc21. The number of ether oxygens (including phenoxy) is 1. The largest absolute Gasteiger partial charge is 0.490 e. The molecule has 29 heavy (non-hydrogen) atoms. The highest BCUT2D eigenvalue weighted by Crippen LogP contribution is 2.38. The molecule has 0 atom stereocenters. The summed E-state index contributed by atoms with van der Waals surface area (Å²) in [4.78, 5) is 14.1. The summed E-state index contributed by atoms with van der Waals surface area (Å²) in [6, 6.07) is 6.92. The number of fused-ring (bicyclic) bond motifs is 1. The second-order valence-electron chi connectivity index (χ2n) is 7.49. The lowest BCUT2D eigenvalue weighted by molar-refractivity contribution is -0.127. The minimum atomic E-state index is -4.14. The van der Waals surface area contributed by atoms with Gasteiger partial charge < -0.3 is 9.64 Å². The normalized spacial score (nSPS) is 16.0. The number of halogens is 2. The number of amides is 1. The fourth-order valence-electron chi connectivity index (χ4n) is 3.01. The molecule has 0 spiro atoms. The maximum absolute atomic E-state index is 13.4. The van der Waals surface area contributed by atoms with Gasteiger partial charge in [-0.1, -0.05) is 6.92 Å². The van der Waals surface area contributed by atoms with Gasteiger partial charge in [0.2, 0.25) is 5.91 Å². The lowest BCUT2D eigenvalue weighted by Crippen LogP contribution is -2.42. The second-order valence-corrected chi connectivity index (χ2v) is 9.18. The summed E-state index contributed by atoms with van der Waals surface area (Å²) in [6.45, 7) is 6.17. The van der Waals surface area contributed by atoms with Crippen LogP contribution < -0.4 is 14.4 Å². The van der Waals surface area contributed by atoms with Crippen LogP contribution in [-0.4, -0.2) is 27.5 Å². The van der Waals surface area contributed by atoms with E-state index in [0.29, 0.717) is 24.0 Å². The van der Waals surface area contributed by atoms with Gasteiger partial charge in [-0.15, -0.1) is 0 Å². The summed E-state index contributed by atoms with van der Waals surface area (Å²) in [5, 5.41) is 0. The van der Waals surface area contributed by atoms with Crippen molar-refractivity contribution in [2.45, 2.75) is 32.1 Å². The summed E-state index contributed by atoms with van der Waals surface area (Å²) >= 11 is 0. The Balaban J connectivity index is 1.95. The van der Waals surface area contributed by atoms with Crippen LogP contribution in [0.5, 0.6) is 5.75 Å². The van der Waals surface area contributed by atoms with E-state index in [0.717, 1.165) is 18.6 Å². The van der Waals surface area contributed by atoms with Crippen LogP contribution in [0.25, 0.3) is 0 Å². The Morgan fingerprint density at radius 3 is 2.52 bits per heavy atom. The number of rotatable bonds is 5. The molecular formula is C20H22F2N2O4S. The van der Waals surface area contributed by atoms with E-state index in [2.05, 4.69) is 4.72 Å². The highest BCUT2D eigenvalue weighted by atomic mass is 32.2. The molecule has 1 N–H and O–H groups in total. The van der Waals surface area contributed by atoms with Crippen LogP contribution in [0.2, 0.25) is 0 Å². The molecule has 0 unspecified atom stereocenters. The zero-order valence-corrected chi connectivity index (χ0v) is 17.1. The molecule has 2 aromatic carbocycles. The molecule has 1 aliphatic heterocycles. The minimum absolute atomic E-state index is 0.0757. The van der Waals surface area contributed by atoms with Crippen molar-refractivity contribution in [1.29, 1.82) is 0 Å². The van der Waals surface area contributed by atoms with Gasteiger partial charge in [0.25, 0.3) is 10.0 Å². The van der Waals surface area contributed by atoms with E-state index in [1.165, 1.54) is 12.1 Å². The monoisotopic (exact) mass is 424 g/mol. The van der Waals surface area contributed by atoms with E-state index < -0.39 is 32.0 Å². The number of hydrogen-bond acceptors (Lipinski definition) is 4. The first-order valence-corrected chi connectivity index (χ1v) is 10.6. The van der Waals surface area contributed by atoms with Crippen molar-refractivity contribution in [3.8, 4) is 5.75 Å². The van der Waals surface area contributed by atoms with Crippen LogP contribution in [0.3, 0.4) is 0 Å². The van der Waals surface area contributed by atoms with Crippen LogP contribution in [0.15, 0.2) is 41.3 Å². The summed E-state index contributed by atoms with van der Waals surface area (Å²) in [5.74, 6) is -2.10. The van der Waals surface area contributed by atoms with Gasteiger partial charge in [-0.05, 0) is 50.6 Å². The van der Waals surface area contributed by atoms with Crippen molar-refractivity contribution in [3.05, 3.63) is 48.0 Å². The third-order valence-electron chi connectivity index (χ3n) is 4.56. The second kappa shape index (κ2) is 7.62. The number of hydrogen-bond donors (Lipinski definition) is 1. The standard InChI is InChI=1S/C20H22F2N2O4S/c1-4-9-24-17-8-5-13(10-18(17)28-12-20(2,3)19(24)25)23-29(26,27)14-6-7-15(21)16(22)11-14/h5-8,10-11,23H,4,9,12H2,1-3H3. The summed E-state index contributed by atoms with van der Waals surface area (Å²) < 4.78 is 59.7. The zero-order valence-electron chi connectivity index (χ0n) is 16.3. The fourth-order valence-corrected chi connectivity index (χ4v) is 4.08. The Morgan fingerprint density at radius 1 is 1.14 bits per heavy atom. The molecule has 0 radical (unpaired) electrons. The van der Waals surface area contributed by atoms with Crippen LogP contribution in [0, 0.1) is 17.0 Å². The van der Waals surface area contributed by atoms with Gasteiger partial charge in [0, 0.05) is 12.6 Å². The highest BCUT2D eigenvalue weighted by Gasteiger charge is 2.37. The fraction of sp³-hybridized carbons (Fsp3) is 0.350. The molecule has 9 heteroatoms. The van der Waals surface area contributed by atoms with E-state index in [4.69, 9.17) is 4.74 Å². The minimum Gasteiger partial charge on any atom is -0.490 e. The molecule has 1 heterocycles. The van der Waals surface area contributed by atoms with Gasteiger partial charge in [-0.3, -0.25) is 9.52 Å². The molecule has 0 bridgehead atoms. The zero-order chi connectivity index (χ0) is 21.4. The maximum atomic E-state index is 13.4. The molecule has 3 rings (SSSR count). The van der Waals surface area contributed by atoms with Crippen molar-refractivity contribution >= 4 is 27.3 Å². The lowest BCUT2D eigenvalue weighted by Gasteiger charge is -2.27. The number of carbonyl (C=O) groups excluding carboxylic acids is 1. The Labute approximate surface area is 168 Å². The summed E-state index contributed by atoms with van der Waals surface area (Å²) in [6.07, 6.45) is 0.742. The van der Waals surface area contributed by atoms with Gasteiger partial charge in [0.1, 0.15) is 12.4 Å². The molecule has 0 aromatic heterocycles. The van der Waals surface area contributed by atoms with Crippen molar-refractivity contribution in [3.63, 3.8) is 0 Å². The molecule has 6 nitrogen and oxygen atoms in total. The average Bonchev–Trinajstić information content (AvgIpc) is 2.74. The Hall–Kier alpha value is -2.68. The average molecular weight is 424 g/mol. The van der Waals surface area contributed by atoms with Crippen LogP contribution in [-0.2, 0) is 14.8 Å². The maximum Gasteiger partial charge on any atom is 0.262 e. The molecule has 0 aliphatic carbocycles. The van der Waals surface area contributed by atoms with E-state index in [1.807, 2.05) is 6.92 Å². The number of nitrogens with zero attached hydrogens (tertiary/aromatic N) is 1. The van der Waals surface area contributed by atoms with Gasteiger partial charge in [-0.2, -0.15) is 0 Å². The molecule has 0 saturated heterocycles. The predicted octanol–water partition coefficient (Wildman–Crippen LogP) is 3.93. The van der Waals surface area contributed by atoms with Gasteiger partial charge in [0.15, 0.2) is 11.6 Å². The van der Waals surface area contributed by atoms with E-state index in [1.54, 1.807) is 24.8 Å². The third kappa shape index (κ3) is 4.19. The molecule has 1 aliphatic rings. The molecular weight excluding hydrogens is 402 g/mol. The molecule has 1 amide bonds. The highest BCUT2D eigenvalue weighted by molar-refractivity contribution is 7.92. The predicted molar refractivity (Wildman–Crippen MR) is 106 cm³/mol. The van der Waals surface area contributed by atoms with Gasteiger partial charge in [0.05, 0.1) is 21.7 Å². The van der Waals surface area contributed by atoms with Crippen molar-refractivity contribution in [1.82, 2.24) is 0 Å². The molecule has 2 aromatic rings. The topological polar surface area (TPSA) is 75.7 Å². The lowest BCUT2D eigenvalue weighted by atomic mass is 9.93.